The highest BCUT2D eigenvalue weighted by atomic mass is 14.2. The molecule has 0 saturated carbocycles. The summed E-state index contributed by atoms with van der Waals surface area (Å²) in [6.45, 7) is 12.5. The molecule has 0 nitrogen and oxygen atoms in total. The van der Waals surface area contributed by atoms with Crippen LogP contribution in [-0.4, -0.2) is 0 Å². The topological polar surface area (TPSA) is 0 Å². The molecular formula is C28H34. The zero-order valence-electron chi connectivity index (χ0n) is 17.6. The van der Waals surface area contributed by atoms with Crippen molar-refractivity contribution >= 4 is 11.6 Å². The molecule has 0 heteroatoms. The van der Waals surface area contributed by atoms with Gasteiger partial charge in [-0.05, 0) is 78.2 Å². The first-order chi connectivity index (χ1) is 13.7. The van der Waals surface area contributed by atoms with Gasteiger partial charge in [0.2, 0.25) is 0 Å². The van der Waals surface area contributed by atoms with Gasteiger partial charge in [0.25, 0.3) is 0 Å². The molecule has 0 spiro atoms. The van der Waals surface area contributed by atoms with Crippen molar-refractivity contribution in [1.82, 2.24) is 0 Å². The Morgan fingerprint density at radius 2 is 1.93 bits per heavy atom. The lowest BCUT2D eigenvalue weighted by Crippen LogP contribution is -2.08. The first-order valence-electron chi connectivity index (χ1n) is 10.9. The van der Waals surface area contributed by atoms with Gasteiger partial charge >= 0.3 is 0 Å². The SMILES string of the molecule is C=C=C1CCC(c2cccc(C=C)c2)CCc2cc(C(CC)CCC)ccc21. The third kappa shape index (κ3) is 4.57. The number of fused-ring (bicyclic) bond motifs is 1. The van der Waals surface area contributed by atoms with Crippen molar-refractivity contribution in [2.24, 2.45) is 0 Å². The zero-order valence-corrected chi connectivity index (χ0v) is 17.6. The molecule has 0 aliphatic heterocycles. The molecule has 0 fully saturated rings. The largest absolute Gasteiger partial charge is 0.125 e. The molecule has 1 aliphatic rings. The Labute approximate surface area is 171 Å². The predicted octanol–water partition coefficient (Wildman–Crippen LogP) is 8.30. The van der Waals surface area contributed by atoms with E-state index in [0.29, 0.717) is 11.8 Å². The Hall–Kier alpha value is -2.30. The minimum atomic E-state index is 0.581. The quantitative estimate of drug-likeness (QED) is 0.448. The zero-order chi connectivity index (χ0) is 19.9. The Kier molecular flexibility index (Phi) is 7.12. The van der Waals surface area contributed by atoms with Gasteiger partial charge in [-0.1, -0.05) is 82.0 Å². The second-order valence-electron chi connectivity index (χ2n) is 8.11. The molecule has 1 aliphatic carbocycles. The fourth-order valence-electron chi connectivity index (χ4n) is 4.71. The number of aryl methyl sites for hydroxylation is 1. The van der Waals surface area contributed by atoms with E-state index in [-0.39, 0.29) is 0 Å². The Balaban J connectivity index is 1.92. The molecule has 28 heavy (non-hydrogen) atoms. The third-order valence-electron chi connectivity index (χ3n) is 6.39. The average molecular weight is 371 g/mol. The smallest absolute Gasteiger partial charge is 0.000879 e. The van der Waals surface area contributed by atoms with Crippen molar-refractivity contribution in [2.45, 2.75) is 70.6 Å². The summed E-state index contributed by atoms with van der Waals surface area (Å²) in [6.07, 6.45) is 10.2. The van der Waals surface area contributed by atoms with Gasteiger partial charge in [0.05, 0.1) is 0 Å². The van der Waals surface area contributed by atoms with E-state index in [1.165, 1.54) is 59.1 Å². The predicted molar refractivity (Wildman–Crippen MR) is 124 cm³/mol. The first-order valence-corrected chi connectivity index (χ1v) is 10.9. The molecule has 146 valence electrons. The van der Waals surface area contributed by atoms with Crippen molar-refractivity contribution in [2.75, 3.05) is 0 Å². The van der Waals surface area contributed by atoms with Crippen LogP contribution in [0.4, 0.5) is 0 Å². The van der Waals surface area contributed by atoms with Crippen molar-refractivity contribution in [3.63, 3.8) is 0 Å². The summed E-state index contributed by atoms with van der Waals surface area (Å²) in [5.41, 5.74) is 11.6. The highest BCUT2D eigenvalue weighted by Gasteiger charge is 2.20. The average Bonchev–Trinajstić information content (AvgIpc) is 2.73. The van der Waals surface area contributed by atoms with Crippen LogP contribution in [0.5, 0.6) is 0 Å². The molecule has 0 N–H and O–H groups in total. The summed E-state index contributed by atoms with van der Waals surface area (Å²) in [4.78, 5) is 0. The Bertz CT molecular complexity index is 863. The third-order valence-corrected chi connectivity index (χ3v) is 6.39. The van der Waals surface area contributed by atoms with Crippen LogP contribution in [-0.2, 0) is 6.42 Å². The molecule has 2 aromatic carbocycles. The van der Waals surface area contributed by atoms with Gasteiger partial charge in [-0.25, -0.2) is 0 Å². The lowest BCUT2D eigenvalue weighted by Gasteiger charge is -2.25. The molecule has 3 rings (SSSR count). The van der Waals surface area contributed by atoms with Crippen LogP contribution in [0.2, 0.25) is 0 Å². The molecule has 2 atom stereocenters. The van der Waals surface area contributed by atoms with E-state index >= 15 is 0 Å². The van der Waals surface area contributed by atoms with E-state index < -0.39 is 0 Å². The molecule has 2 unspecified atom stereocenters. The summed E-state index contributed by atoms with van der Waals surface area (Å²) in [6, 6.07) is 16.1. The molecule has 0 saturated heterocycles. The van der Waals surface area contributed by atoms with Crippen molar-refractivity contribution < 1.29 is 0 Å². The molecule has 0 amide bonds. The van der Waals surface area contributed by atoms with Gasteiger partial charge in [0, 0.05) is 5.57 Å². The van der Waals surface area contributed by atoms with Gasteiger partial charge in [0.15, 0.2) is 0 Å². The lowest BCUT2D eigenvalue weighted by atomic mass is 9.80. The summed E-state index contributed by atoms with van der Waals surface area (Å²) in [5, 5.41) is 0. The van der Waals surface area contributed by atoms with Crippen LogP contribution < -0.4 is 0 Å². The number of benzene rings is 2. The van der Waals surface area contributed by atoms with Crippen molar-refractivity contribution in [1.29, 1.82) is 0 Å². The lowest BCUT2D eigenvalue weighted by molar-refractivity contribution is 0.574. The number of allylic oxidation sites excluding steroid dienone is 1. The van der Waals surface area contributed by atoms with Crippen LogP contribution in [0.15, 0.2) is 61.4 Å². The number of hydrogen-bond acceptors (Lipinski definition) is 0. The Morgan fingerprint density at radius 1 is 1.11 bits per heavy atom. The van der Waals surface area contributed by atoms with E-state index in [0.717, 1.165) is 19.3 Å². The highest BCUT2D eigenvalue weighted by molar-refractivity contribution is 5.68. The molecular weight excluding hydrogens is 336 g/mol. The van der Waals surface area contributed by atoms with Crippen LogP contribution in [0, 0.1) is 0 Å². The van der Waals surface area contributed by atoms with Crippen LogP contribution in [0.1, 0.15) is 92.0 Å². The maximum absolute atomic E-state index is 4.01. The molecule has 0 aromatic heterocycles. The Morgan fingerprint density at radius 3 is 2.64 bits per heavy atom. The van der Waals surface area contributed by atoms with Crippen LogP contribution in [0.25, 0.3) is 11.6 Å². The van der Waals surface area contributed by atoms with E-state index in [1.54, 1.807) is 0 Å². The second kappa shape index (κ2) is 9.76. The maximum atomic E-state index is 4.01. The fraction of sp³-hybridized carbons (Fsp3) is 0.393. The molecule has 0 heterocycles. The van der Waals surface area contributed by atoms with Crippen LogP contribution in [0.3, 0.4) is 0 Å². The number of rotatable bonds is 6. The minimum absolute atomic E-state index is 0.581. The summed E-state index contributed by atoms with van der Waals surface area (Å²) < 4.78 is 0. The van der Waals surface area contributed by atoms with E-state index in [2.05, 4.69) is 75.2 Å². The van der Waals surface area contributed by atoms with Crippen molar-refractivity contribution in [3.05, 3.63) is 89.2 Å². The highest BCUT2D eigenvalue weighted by Crippen LogP contribution is 2.37. The molecule has 2 aromatic rings. The second-order valence-corrected chi connectivity index (χ2v) is 8.11. The number of hydrogen-bond donors (Lipinski definition) is 0. The van der Waals surface area contributed by atoms with Gasteiger partial charge in [-0.15, -0.1) is 5.73 Å². The standard InChI is InChI=1S/C28H34/c1-5-10-22(7-3)26-17-18-28-23(8-4)13-14-24(15-16-27(28)20-26)25-12-9-11-21(6-2)19-25/h6,9,11-12,17-20,22,24H,2,4-5,7,10,13-16H2,1,3H3. The molecule has 0 bridgehead atoms. The first kappa shape index (κ1) is 20.4. The van der Waals surface area contributed by atoms with E-state index in [4.69, 9.17) is 0 Å². The van der Waals surface area contributed by atoms with Gasteiger partial charge in [-0.2, -0.15) is 0 Å². The van der Waals surface area contributed by atoms with E-state index in [1.807, 2.05) is 6.08 Å². The fourth-order valence-corrected chi connectivity index (χ4v) is 4.71. The van der Waals surface area contributed by atoms with Crippen molar-refractivity contribution in [3.8, 4) is 0 Å². The summed E-state index contributed by atoms with van der Waals surface area (Å²) in [5.74, 6) is 1.26. The van der Waals surface area contributed by atoms with Gasteiger partial charge in [-0.3, -0.25) is 0 Å². The summed E-state index contributed by atoms with van der Waals surface area (Å²) in [7, 11) is 0. The normalized spacial score (nSPS) is 17.8. The van der Waals surface area contributed by atoms with Gasteiger partial charge < -0.3 is 0 Å². The monoisotopic (exact) mass is 370 g/mol. The maximum Gasteiger partial charge on any atom is 0.000879 e. The molecule has 0 radical (unpaired) electrons. The van der Waals surface area contributed by atoms with E-state index in [9.17, 15) is 0 Å². The summed E-state index contributed by atoms with van der Waals surface area (Å²) >= 11 is 0. The minimum Gasteiger partial charge on any atom is -0.125 e. The van der Waals surface area contributed by atoms with Gasteiger partial charge in [0.1, 0.15) is 0 Å². The van der Waals surface area contributed by atoms with Crippen LogP contribution >= 0.6 is 0 Å².